The zero-order valence-corrected chi connectivity index (χ0v) is 16.1. The number of piperidine rings is 1. The van der Waals surface area contributed by atoms with Crippen LogP contribution in [0.2, 0.25) is 0 Å². The van der Waals surface area contributed by atoms with Gasteiger partial charge in [-0.3, -0.25) is 4.79 Å². The summed E-state index contributed by atoms with van der Waals surface area (Å²) >= 11 is 0. The summed E-state index contributed by atoms with van der Waals surface area (Å²) in [6, 6.07) is 9.12. The summed E-state index contributed by atoms with van der Waals surface area (Å²) in [5.74, 6) is 2.82. The topological polar surface area (TPSA) is 67.2 Å². The summed E-state index contributed by atoms with van der Waals surface area (Å²) in [6.45, 7) is 0. The minimum absolute atomic E-state index is 0. The van der Waals surface area contributed by atoms with Crippen molar-refractivity contribution in [1.29, 1.82) is 0 Å². The maximum atomic E-state index is 12.4. The molecule has 2 bridgehead atoms. The van der Waals surface area contributed by atoms with E-state index < -0.39 is 0 Å². The van der Waals surface area contributed by atoms with E-state index in [1.165, 1.54) is 25.7 Å². The molecular weight excluding hydrogens is 362 g/mol. The van der Waals surface area contributed by atoms with Crippen molar-refractivity contribution in [3.63, 3.8) is 0 Å². The third kappa shape index (κ3) is 4.19. The van der Waals surface area contributed by atoms with Crippen molar-refractivity contribution in [2.75, 3.05) is 5.32 Å². The zero-order valence-electron chi connectivity index (χ0n) is 15.3. The first-order chi connectivity index (χ1) is 12.7. The molecule has 2 aliphatic heterocycles. The second-order valence-electron chi connectivity index (χ2n) is 8.14. The summed E-state index contributed by atoms with van der Waals surface area (Å²) in [4.78, 5) is 16.8. The Balaban J connectivity index is 0.00000180. The minimum Gasteiger partial charge on any atom is -0.440 e. The van der Waals surface area contributed by atoms with Crippen molar-refractivity contribution in [2.45, 2.75) is 62.9 Å². The van der Waals surface area contributed by atoms with Crippen molar-refractivity contribution in [3.8, 4) is 11.3 Å². The van der Waals surface area contributed by atoms with E-state index in [-0.39, 0.29) is 18.3 Å². The lowest BCUT2D eigenvalue weighted by atomic mass is 9.89. The Morgan fingerprint density at radius 2 is 1.81 bits per heavy atom. The molecule has 1 aromatic heterocycles. The summed E-state index contributed by atoms with van der Waals surface area (Å²) < 4.78 is 5.84. The van der Waals surface area contributed by atoms with E-state index in [0.29, 0.717) is 30.3 Å². The van der Waals surface area contributed by atoms with Crippen molar-refractivity contribution in [3.05, 3.63) is 36.4 Å². The van der Waals surface area contributed by atoms with Gasteiger partial charge in [0.05, 0.1) is 6.20 Å². The van der Waals surface area contributed by atoms with Crippen molar-refractivity contribution in [1.82, 2.24) is 10.3 Å². The van der Waals surface area contributed by atoms with Crippen LogP contribution in [0.5, 0.6) is 0 Å². The average Bonchev–Trinajstić information content (AvgIpc) is 3.27. The highest BCUT2D eigenvalue weighted by atomic mass is 35.5. The van der Waals surface area contributed by atoms with E-state index in [1.807, 2.05) is 24.3 Å². The smallest absolute Gasteiger partial charge is 0.224 e. The highest BCUT2D eigenvalue weighted by molar-refractivity contribution is 5.91. The predicted octanol–water partition coefficient (Wildman–Crippen LogP) is 4.50. The molecule has 144 valence electrons. The van der Waals surface area contributed by atoms with Crippen LogP contribution in [-0.2, 0) is 4.79 Å². The number of fused-ring (bicyclic) bond motifs is 2. The molecule has 5 rings (SSSR count). The first-order valence-corrected chi connectivity index (χ1v) is 9.85. The summed E-state index contributed by atoms with van der Waals surface area (Å²) in [5.41, 5.74) is 1.84. The summed E-state index contributed by atoms with van der Waals surface area (Å²) in [5, 5.41) is 6.68. The molecule has 2 unspecified atom stereocenters. The number of anilines is 1. The molecule has 3 fully saturated rings. The fourth-order valence-electron chi connectivity index (χ4n) is 4.47. The first-order valence-electron chi connectivity index (χ1n) is 9.85. The van der Waals surface area contributed by atoms with Gasteiger partial charge in [-0.1, -0.05) is 0 Å². The molecule has 3 heterocycles. The highest BCUT2D eigenvalue weighted by Crippen LogP contribution is 2.40. The zero-order chi connectivity index (χ0) is 17.5. The van der Waals surface area contributed by atoms with Crippen LogP contribution in [0.15, 0.2) is 34.9 Å². The summed E-state index contributed by atoms with van der Waals surface area (Å²) in [6.07, 6.45) is 9.61. The molecule has 1 saturated carbocycles. The van der Waals surface area contributed by atoms with Crippen LogP contribution in [0.4, 0.5) is 5.69 Å². The van der Waals surface area contributed by atoms with E-state index in [0.717, 1.165) is 35.7 Å². The lowest BCUT2D eigenvalue weighted by molar-refractivity contribution is -0.117. The standard InChI is InChI=1S/C21H25N3O2.ClH/c25-20(11-13-9-17-7-8-18(10-13)23-17)24-16-5-3-14(4-6-16)19-12-22-21(26-19)15-1-2-15;/h3-6,12-13,15,17-18,23H,1-2,7-11H2,(H,24,25);1H. The Hall–Kier alpha value is -1.85. The quantitative estimate of drug-likeness (QED) is 0.792. The molecule has 0 radical (unpaired) electrons. The van der Waals surface area contributed by atoms with Gasteiger partial charge in [0, 0.05) is 35.7 Å². The number of oxazole rings is 1. The second-order valence-corrected chi connectivity index (χ2v) is 8.14. The van der Waals surface area contributed by atoms with E-state index in [1.54, 1.807) is 6.20 Å². The number of carbonyl (C=O) groups is 1. The van der Waals surface area contributed by atoms with E-state index >= 15 is 0 Å². The molecule has 2 N–H and O–H groups in total. The van der Waals surface area contributed by atoms with Crippen LogP contribution >= 0.6 is 12.4 Å². The van der Waals surface area contributed by atoms with Crippen LogP contribution in [0, 0.1) is 5.92 Å². The number of aromatic nitrogens is 1. The van der Waals surface area contributed by atoms with Crippen LogP contribution in [0.1, 0.15) is 56.8 Å². The van der Waals surface area contributed by atoms with Crippen LogP contribution in [-0.4, -0.2) is 23.0 Å². The molecule has 5 nitrogen and oxygen atoms in total. The number of rotatable bonds is 5. The van der Waals surface area contributed by atoms with Gasteiger partial charge in [0.2, 0.25) is 5.91 Å². The van der Waals surface area contributed by atoms with E-state index in [9.17, 15) is 4.79 Å². The van der Waals surface area contributed by atoms with Gasteiger partial charge in [-0.25, -0.2) is 4.98 Å². The molecule has 0 spiro atoms. The van der Waals surface area contributed by atoms with Gasteiger partial charge in [-0.05, 0) is 68.7 Å². The third-order valence-electron chi connectivity index (χ3n) is 5.95. The van der Waals surface area contributed by atoms with E-state index in [2.05, 4.69) is 15.6 Å². The molecule has 27 heavy (non-hydrogen) atoms. The first kappa shape index (κ1) is 18.5. The Morgan fingerprint density at radius 3 is 2.48 bits per heavy atom. The third-order valence-corrected chi connectivity index (χ3v) is 5.95. The molecule has 3 aliphatic rings. The molecule has 2 saturated heterocycles. The predicted molar refractivity (Wildman–Crippen MR) is 107 cm³/mol. The van der Waals surface area contributed by atoms with Gasteiger partial charge in [-0.15, -0.1) is 12.4 Å². The largest absolute Gasteiger partial charge is 0.440 e. The fraction of sp³-hybridized carbons (Fsp3) is 0.524. The fourth-order valence-corrected chi connectivity index (χ4v) is 4.47. The molecule has 6 heteroatoms. The van der Waals surface area contributed by atoms with Crippen molar-refractivity contribution < 1.29 is 9.21 Å². The number of carbonyl (C=O) groups excluding carboxylic acids is 1. The molecule has 2 atom stereocenters. The second kappa shape index (κ2) is 7.64. The number of halogens is 1. The van der Waals surface area contributed by atoms with Crippen LogP contribution < -0.4 is 10.6 Å². The maximum absolute atomic E-state index is 12.4. The van der Waals surface area contributed by atoms with Gasteiger partial charge < -0.3 is 15.1 Å². The Labute approximate surface area is 165 Å². The number of amides is 1. The van der Waals surface area contributed by atoms with Gasteiger partial charge >= 0.3 is 0 Å². The normalized spacial score (nSPS) is 26.4. The van der Waals surface area contributed by atoms with Crippen molar-refractivity contribution in [2.24, 2.45) is 5.92 Å². The van der Waals surface area contributed by atoms with Gasteiger partial charge in [-0.2, -0.15) is 0 Å². The van der Waals surface area contributed by atoms with Gasteiger partial charge in [0.15, 0.2) is 11.7 Å². The highest BCUT2D eigenvalue weighted by Gasteiger charge is 2.34. The lowest BCUT2D eigenvalue weighted by Gasteiger charge is -2.28. The average molecular weight is 388 g/mol. The van der Waals surface area contributed by atoms with Gasteiger partial charge in [0.25, 0.3) is 0 Å². The number of hydrogen-bond donors (Lipinski definition) is 2. The maximum Gasteiger partial charge on any atom is 0.224 e. The SMILES string of the molecule is Cl.O=C(CC1CC2CCC(C1)N2)Nc1ccc(-c2cnc(C3CC3)o2)cc1. The Bertz CT molecular complexity index is 788. The Morgan fingerprint density at radius 1 is 1.11 bits per heavy atom. The number of nitrogens with one attached hydrogen (secondary N) is 2. The molecule has 1 amide bonds. The van der Waals surface area contributed by atoms with Crippen LogP contribution in [0.3, 0.4) is 0 Å². The van der Waals surface area contributed by atoms with Gasteiger partial charge in [0.1, 0.15) is 0 Å². The summed E-state index contributed by atoms with van der Waals surface area (Å²) in [7, 11) is 0. The molecule has 1 aliphatic carbocycles. The molecule has 2 aromatic rings. The lowest BCUT2D eigenvalue weighted by Crippen LogP contribution is -2.39. The van der Waals surface area contributed by atoms with E-state index in [4.69, 9.17) is 4.42 Å². The monoisotopic (exact) mass is 387 g/mol. The number of hydrogen-bond acceptors (Lipinski definition) is 4. The molecule has 1 aromatic carbocycles. The van der Waals surface area contributed by atoms with Crippen molar-refractivity contribution >= 4 is 24.0 Å². The molecular formula is C21H26ClN3O2. The number of benzene rings is 1. The minimum atomic E-state index is 0. The van der Waals surface area contributed by atoms with Crippen LogP contribution in [0.25, 0.3) is 11.3 Å². The Kier molecular flexibility index (Phi) is 5.24. The number of nitrogens with zero attached hydrogens (tertiary/aromatic N) is 1.